The lowest BCUT2D eigenvalue weighted by atomic mass is 9.83. The number of nitrogens with one attached hydrogen (secondary N) is 1. The molecule has 1 aromatic heterocycles. The normalized spacial score (nSPS) is 31.0. The fourth-order valence-corrected chi connectivity index (χ4v) is 6.11. The highest BCUT2D eigenvalue weighted by Gasteiger charge is 2.40. The van der Waals surface area contributed by atoms with E-state index < -0.39 is 0 Å². The first-order valence-corrected chi connectivity index (χ1v) is 9.27. The first-order valence-electron chi connectivity index (χ1n) is 7.66. The highest BCUT2D eigenvalue weighted by molar-refractivity contribution is 9.11. The van der Waals surface area contributed by atoms with Crippen molar-refractivity contribution in [1.29, 1.82) is 0 Å². The number of hydrogen-bond donors (Lipinski definition) is 1. The molecule has 106 valence electrons. The smallest absolute Gasteiger partial charge is 0.0704 e. The van der Waals surface area contributed by atoms with E-state index in [-0.39, 0.29) is 0 Å². The molecule has 1 heterocycles. The van der Waals surface area contributed by atoms with Gasteiger partial charge in [-0.3, -0.25) is 0 Å². The zero-order valence-corrected chi connectivity index (χ0v) is 14.3. The molecule has 0 amide bonds. The predicted molar refractivity (Wildman–Crippen MR) is 86.7 cm³/mol. The van der Waals surface area contributed by atoms with Crippen LogP contribution in [0.1, 0.15) is 55.5 Å². The molecule has 1 aromatic rings. The fraction of sp³-hybridized carbons (Fsp3) is 0.750. The van der Waals surface area contributed by atoms with Gasteiger partial charge in [0.15, 0.2) is 0 Å². The van der Waals surface area contributed by atoms with E-state index in [2.05, 4.69) is 41.2 Å². The summed E-state index contributed by atoms with van der Waals surface area (Å²) in [6, 6.07) is 2.90. The SMILES string of the molecule is CCNC(CC1CC2CCC1C2)c1cc(Br)sc1C. The molecule has 4 unspecified atom stereocenters. The van der Waals surface area contributed by atoms with Crippen LogP contribution in [0.5, 0.6) is 0 Å². The van der Waals surface area contributed by atoms with Gasteiger partial charge >= 0.3 is 0 Å². The van der Waals surface area contributed by atoms with Gasteiger partial charge in [0.05, 0.1) is 3.79 Å². The van der Waals surface area contributed by atoms with Crippen LogP contribution in [0.3, 0.4) is 0 Å². The van der Waals surface area contributed by atoms with Crippen LogP contribution >= 0.6 is 27.3 Å². The summed E-state index contributed by atoms with van der Waals surface area (Å²) in [6.45, 7) is 5.55. The van der Waals surface area contributed by atoms with E-state index in [0.29, 0.717) is 6.04 Å². The van der Waals surface area contributed by atoms with Crippen LogP contribution in [0, 0.1) is 24.7 Å². The minimum Gasteiger partial charge on any atom is -0.310 e. The summed E-state index contributed by atoms with van der Waals surface area (Å²) in [7, 11) is 0. The third-order valence-electron chi connectivity index (χ3n) is 5.18. The maximum Gasteiger partial charge on any atom is 0.0704 e. The largest absolute Gasteiger partial charge is 0.310 e. The van der Waals surface area contributed by atoms with Crippen molar-refractivity contribution in [2.75, 3.05) is 6.54 Å². The Hall–Kier alpha value is 0.140. The van der Waals surface area contributed by atoms with Gasteiger partial charge in [-0.1, -0.05) is 13.3 Å². The number of aryl methyl sites for hydroxylation is 1. The Morgan fingerprint density at radius 3 is 2.79 bits per heavy atom. The van der Waals surface area contributed by atoms with Crippen molar-refractivity contribution in [2.45, 2.75) is 52.0 Å². The van der Waals surface area contributed by atoms with Crippen molar-refractivity contribution < 1.29 is 0 Å². The summed E-state index contributed by atoms with van der Waals surface area (Å²) in [4.78, 5) is 1.47. The standard InChI is InChI=1S/C16H24BrNS/c1-3-18-15(14-9-16(17)19-10(14)2)8-13-7-11-4-5-12(13)6-11/h9,11-13,15,18H,3-8H2,1-2H3. The summed E-state index contributed by atoms with van der Waals surface area (Å²) in [5.74, 6) is 3.07. The molecule has 1 N–H and O–H groups in total. The van der Waals surface area contributed by atoms with Crippen LogP contribution in [0.25, 0.3) is 0 Å². The third kappa shape index (κ3) is 2.93. The Morgan fingerprint density at radius 1 is 1.42 bits per heavy atom. The van der Waals surface area contributed by atoms with Gasteiger partial charge in [0.2, 0.25) is 0 Å². The zero-order chi connectivity index (χ0) is 13.4. The molecule has 19 heavy (non-hydrogen) atoms. The van der Waals surface area contributed by atoms with Crippen LogP contribution in [0.4, 0.5) is 0 Å². The van der Waals surface area contributed by atoms with Crippen molar-refractivity contribution in [1.82, 2.24) is 5.32 Å². The summed E-state index contributed by atoms with van der Waals surface area (Å²) in [6.07, 6.45) is 7.38. The first-order chi connectivity index (χ1) is 9.17. The number of rotatable bonds is 5. The molecule has 3 rings (SSSR count). The molecule has 2 fully saturated rings. The van der Waals surface area contributed by atoms with Gasteiger partial charge in [-0.05, 0) is 84.5 Å². The van der Waals surface area contributed by atoms with Gasteiger partial charge < -0.3 is 5.32 Å². The van der Waals surface area contributed by atoms with Crippen LogP contribution in [-0.4, -0.2) is 6.54 Å². The molecule has 0 saturated heterocycles. The first kappa shape index (κ1) is 14.1. The average Bonchev–Trinajstić information content (AvgIpc) is 3.04. The molecule has 0 aromatic carbocycles. The van der Waals surface area contributed by atoms with E-state index in [1.54, 1.807) is 0 Å². The fourth-order valence-electron chi connectivity index (χ4n) is 4.34. The van der Waals surface area contributed by atoms with Gasteiger partial charge in [-0.2, -0.15) is 0 Å². The van der Waals surface area contributed by atoms with Crippen LogP contribution < -0.4 is 5.32 Å². The molecule has 2 bridgehead atoms. The maximum absolute atomic E-state index is 3.73. The minimum atomic E-state index is 0.567. The Bertz CT molecular complexity index is 442. The summed E-state index contributed by atoms with van der Waals surface area (Å²) >= 11 is 5.51. The van der Waals surface area contributed by atoms with E-state index in [9.17, 15) is 0 Å². The van der Waals surface area contributed by atoms with Crippen molar-refractivity contribution in [3.63, 3.8) is 0 Å². The van der Waals surface area contributed by atoms with Gasteiger partial charge in [0.25, 0.3) is 0 Å². The van der Waals surface area contributed by atoms with Gasteiger partial charge in [-0.25, -0.2) is 0 Å². The summed E-state index contributed by atoms with van der Waals surface area (Å²) in [5, 5.41) is 3.73. The third-order valence-corrected chi connectivity index (χ3v) is 6.74. The summed E-state index contributed by atoms with van der Waals surface area (Å²) in [5.41, 5.74) is 1.53. The Balaban J connectivity index is 1.72. The molecule has 3 heteroatoms. The lowest BCUT2D eigenvalue weighted by molar-refractivity contribution is 0.280. The lowest BCUT2D eigenvalue weighted by Gasteiger charge is -2.27. The van der Waals surface area contributed by atoms with E-state index >= 15 is 0 Å². The lowest BCUT2D eigenvalue weighted by Crippen LogP contribution is -2.25. The Labute approximate surface area is 129 Å². The molecule has 0 spiro atoms. The molecular weight excluding hydrogens is 318 g/mol. The molecular formula is C16H24BrNS. The molecule has 0 radical (unpaired) electrons. The van der Waals surface area contributed by atoms with Gasteiger partial charge in [0.1, 0.15) is 0 Å². The van der Waals surface area contributed by atoms with E-state index in [0.717, 1.165) is 24.3 Å². The Kier molecular flexibility index (Phi) is 4.35. The molecule has 2 saturated carbocycles. The van der Waals surface area contributed by atoms with Crippen LogP contribution in [0.2, 0.25) is 0 Å². The number of fused-ring (bicyclic) bond motifs is 2. The average molecular weight is 342 g/mol. The molecule has 2 aliphatic rings. The second kappa shape index (κ2) is 5.87. The predicted octanol–water partition coefficient (Wildman–Crippen LogP) is 5.30. The van der Waals surface area contributed by atoms with E-state index in [4.69, 9.17) is 0 Å². The number of thiophene rings is 1. The molecule has 0 aliphatic heterocycles. The maximum atomic E-state index is 3.73. The van der Waals surface area contributed by atoms with E-state index in [1.807, 2.05) is 11.3 Å². The van der Waals surface area contributed by atoms with Crippen LogP contribution in [0.15, 0.2) is 9.85 Å². The monoisotopic (exact) mass is 341 g/mol. The number of hydrogen-bond acceptors (Lipinski definition) is 2. The Morgan fingerprint density at radius 2 is 2.26 bits per heavy atom. The molecule has 1 nitrogen and oxygen atoms in total. The molecule has 4 atom stereocenters. The van der Waals surface area contributed by atoms with Gasteiger partial charge in [-0.15, -0.1) is 11.3 Å². The highest BCUT2D eigenvalue weighted by Crippen LogP contribution is 2.51. The highest BCUT2D eigenvalue weighted by atomic mass is 79.9. The quantitative estimate of drug-likeness (QED) is 0.766. The van der Waals surface area contributed by atoms with E-state index in [1.165, 1.54) is 46.3 Å². The van der Waals surface area contributed by atoms with Crippen molar-refractivity contribution >= 4 is 27.3 Å². The summed E-state index contributed by atoms with van der Waals surface area (Å²) < 4.78 is 1.27. The zero-order valence-electron chi connectivity index (χ0n) is 11.9. The molecule has 2 aliphatic carbocycles. The van der Waals surface area contributed by atoms with Crippen molar-refractivity contribution in [3.05, 3.63) is 20.3 Å². The second-order valence-electron chi connectivity index (χ2n) is 6.34. The van der Waals surface area contributed by atoms with Crippen molar-refractivity contribution in [3.8, 4) is 0 Å². The topological polar surface area (TPSA) is 12.0 Å². The second-order valence-corrected chi connectivity index (χ2v) is 8.98. The van der Waals surface area contributed by atoms with Gasteiger partial charge in [0, 0.05) is 10.9 Å². The van der Waals surface area contributed by atoms with Crippen LogP contribution in [-0.2, 0) is 0 Å². The minimum absolute atomic E-state index is 0.567. The number of halogens is 1. The van der Waals surface area contributed by atoms with Crippen molar-refractivity contribution in [2.24, 2.45) is 17.8 Å².